The van der Waals surface area contributed by atoms with Crippen LogP contribution < -0.4 is 5.32 Å². The van der Waals surface area contributed by atoms with Crippen molar-refractivity contribution in [2.24, 2.45) is 0 Å². The van der Waals surface area contributed by atoms with E-state index in [-0.39, 0.29) is 6.10 Å². The Morgan fingerprint density at radius 2 is 1.93 bits per heavy atom. The largest absolute Gasteiger partial charge is 0.393 e. The van der Waals surface area contributed by atoms with Gasteiger partial charge in [0.15, 0.2) is 0 Å². The fraction of sp³-hybridized carbons (Fsp3) is 0.500. The van der Waals surface area contributed by atoms with Crippen molar-refractivity contribution in [3.63, 3.8) is 0 Å². The number of rotatable bonds is 4. The molecule has 0 unspecified atom stereocenters. The lowest BCUT2D eigenvalue weighted by atomic mass is 9.89. The highest BCUT2D eigenvalue weighted by molar-refractivity contribution is 5.14. The zero-order chi connectivity index (χ0) is 9.80. The van der Waals surface area contributed by atoms with Crippen LogP contribution in [0.4, 0.5) is 0 Å². The highest BCUT2D eigenvalue weighted by atomic mass is 16.3. The van der Waals surface area contributed by atoms with Gasteiger partial charge in [0.25, 0.3) is 0 Å². The molecule has 76 valence electrons. The van der Waals surface area contributed by atoms with E-state index in [1.807, 2.05) is 6.07 Å². The predicted octanol–water partition coefficient (Wildman–Crippen LogP) is 1.34. The molecule has 1 aliphatic rings. The third kappa shape index (κ3) is 2.56. The molecule has 0 spiro atoms. The minimum Gasteiger partial charge on any atom is -0.393 e. The molecular weight excluding hydrogens is 174 g/mol. The maximum atomic E-state index is 9.09. The third-order valence-electron chi connectivity index (χ3n) is 2.80. The molecule has 1 aliphatic carbocycles. The second kappa shape index (κ2) is 4.58. The zero-order valence-electron chi connectivity index (χ0n) is 8.32. The first-order valence-electron chi connectivity index (χ1n) is 5.30. The van der Waals surface area contributed by atoms with Gasteiger partial charge in [-0.1, -0.05) is 30.3 Å². The smallest absolute Gasteiger partial charge is 0.0570 e. The molecule has 2 nitrogen and oxygen atoms in total. The molecule has 2 rings (SSSR count). The Hall–Kier alpha value is -0.860. The number of hydrogen-bond donors (Lipinski definition) is 2. The number of hydrogen-bond acceptors (Lipinski definition) is 2. The average Bonchev–Trinajstić information content (AvgIpc) is 2.17. The number of nitrogens with one attached hydrogen (secondary N) is 1. The molecule has 0 aliphatic heterocycles. The van der Waals surface area contributed by atoms with Gasteiger partial charge >= 0.3 is 0 Å². The van der Waals surface area contributed by atoms with E-state index in [9.17, 15) is 0 Å². The van der Waals surface area contributed by atoms with Crippen molar-refractivity contribution < 1.29 is 5.11 Å². The lowest BCUT2D eigenvalue weighted by molar-refractivity contribution is 0.0629. The van der Waals surface area contributed by atoms with Crippen LogP contribution in [-0.2, 0) is 6.42 Å². The summed E-state index contributed by atoms with van der Waals surface area (Å²) in [7, 11) is 0. The van der Waals surface area contributed by atoms with Gasteiger partial charge in [0.1, 0.15) is 0 Å². The van der Waals surface area contributed by atoms with E-state index in [0.29, 0.717) is 6.04 Å². The van der Waals surface area contributed by atoms with E-state index in [1.165, 1.54) is 5.56 Å². The molecule has 14 heavy (non-hydrogen) atoms. The van der Waals surface area contributed by atoms with Gasteiger partial charge in [0, 0.05) is 6.04 Å². The maximum absolute atomic E-state index is 9.09. The number of aliphatic hydroxyl groups is 1. The van der Waals surface area contributed by atoms with Crippen LogP contribution in [0.1, 0.15) is 18.4 Å². The Kier molecular flexibility index (Phi) is 3.17. The Labute approximate surface area is 85.0 Å². The van der Waals surface area contributed by atoms with Gasteiger partial charge in [-0.3, -0.25) is 0 Å². The standard InChI is InChI=1S/C12H17NO/c14-12-8-11(9-12)13-7-6-10-4-2-1-3-5-10/h1-5,11-14H,6-9H2. The van der Waals surface area contributed by atoms with E-state index in [2.05, 4.69) is 29.6 Å². The van der Waals surface area contributed by atoms with Gasteiger partial charge in [-0.25, -0.2) is 0 Å². The van der Waals surface area contributed by atoms with E-state index < -0.39 is 0 Å². The van der Waals surface area contributed by atoms with Crippen molar-refractivity contribution >= 4 is 0 Å². The SMILES string of the molecule is OC1CC(NCCc2ccccc2)C1. The van der Waals surface area contributed by atoms with Crippen LogP contribution >= 0.6 is 0 Å². The quantitative estimate of drug-likeness (QED) is 0.752. The molecule has 2 N–H and O–H groups in total. The Bertz CT molecular complexity index is 267. The summed E-state index contributed by atoms with van der Waals surface area (Å²) in [4.78, 5) is 0. The molecular formula is C12H17NO. The molecule has 1 fully saturated rings. The van der Waals surface area contributed by atoms with Crippen LogP contribution in [0, 0.1) is 0 Å². The van der Waals surface area contributed by atoms with Gasteiger partial charge in [0.2, 0.25) is 0 Å². The fourth-order valence-corrected chi connectivity index (χ4v) is 1.82. The van der Waals surface area contributed by atoms with Crippen LogP contribution in [-0.4, -0.2) is 23.8 Å². The topological polar surface area (TPSA) is 32.3 Å². The number of benzene rings is 1. The van der Waals surface area contributed by atoms with Crippen LogP contribution in [0.25, 0.3) is 0 Å². The molecule has 1 aromatic carbocycles. The van der Waals surface area contributed by atoms with E-state index in [0.717, 1.165) is 25.8 Å². The van der Waals surface area contributed by atoms with Gasteiger partial charge in [-0.05, 0) is 31.4 Å². The zero-order valence-corrected chi connectivity index (χ0v) is 8.32. The minimum absolute atomic E-state index is 0.0516. The molecule has 0 radical (unpaired) electrons. The Balaban J connectivity index is 1.64. The summed E-state index contributed by atoms with van der Waals surface area (Å²) < 4.78 is 0. The van der Waals surface area contributed by atoms with Gasteiger partial charge in [-0.15, -0.1) is 0 Å². The Morgan fingerprint density at radius 1 is 1.21 bits per heavy atom. The van der Waals surface area contributed by atoms with E-state index >= 15 is 0 Å². The van der Waals surface area contributed by atoms with Crippen molar-refractivity contribution in [1.82, 2.24) is 5.32 Å². The van der Waals surface area contributed by atoms with Crippen LogP contribution in [0.3, 0.4) is 0 Å². The fourth-order valence-electron chi connectivity index (χ4n) is 1.82. The lowest BCUT2D eigenvalue weighted by Gasteiger charge is -2.32. The molecule has 1 saturated carbocycles. The van der Waals surface area contributed by atoms with Gasteiger partial charge in [0.05, 0.1) is 6.10 Å². The van der Waals surface area contributed by atoms with Crippen LogP contribution in [0.5, 0.6) is 0 Å². The first-order chi connectivity index (χ1) is 6.84. The van der Waals surface area contributed by atoms with Crippen molar-refractivity contribution in [3.05, 3.63) is 35.9 Å². The summed E-state index contributed by atoms with van der Waals surface area (Å²) >= 11 is 0. The number of aliphatic hydroxyl groups excluding tert-OH is 1. The molecule has 2 heteroatoms. The van der Waals surface area contributed by atoms with Crippen molar-refractivity contribution in [2.75, 3.05) is 6.54 Å². The molecule has 1 aromatic rings. The van der Waals surface area contributed by atoms with Crippen molar-refractivity contribution in [3.8, 4) is 0 Å². The summed E-state index contributed by atoms with van der Waals surface area (Å²) in [5.74, 6) is 0. The van der Waals surface area contributed by atoms with E-state index in [1.54, 1.807) is 0 Å². The first kappa shape index (κ1) is 9.69. The first-order valence-corrected chi connectivity index (χ1v) is 5.30. The second-order valence-corrected chi connectivity index (χ2v) is 4.01. The minimum atomic E-state index is -0.0516. The highest BCUT2D eigenvalue weighted by Crippen LogP contribution is 2.18. The molecule has 0 heterocycles. The summed E-state index contributed by atoms with van der Waals surface area (Å²) in [6.07, 6.45) is 2.88. The third-order valence-corrected chi connectivity index (χ3v) is 2.80. The van der Waals surface area contributed by atoms with Crippen LogP contribution in [0.2, 0.25) is 0 Å². The maximum Gasteiger partial charge on any atom is 0.0570 e. The normalized spacial score (nSPS) is 25.8. The van der Waals surface area contributed by atoms with Crippen LogP contribution in [0.15, 0.2) is 30.3 Å². The monoisotopic (exact) mass is 191 g/mol. The molecule has 0 atom stereocenters. The summed E-state index contributed by atoms with van der Waals surface area (Å²) in [6.45, 7) is 1.02. The molecule has 0 aromatic heterocycles. The lowest BCUT2D eigenvalue weighted by Crippen LogP contribution is -2.44. The summed E-state index contributed by atoms with van der Waals surface area (Å²) in [6, 6.07) is 11.0. The predicted molar refractivity (Wildman–Crippen MR) is 57.2 cm³/mol. The molecule has 0 saturated heterocycles. The summed E-state index contributed by atoms with van der Waals surface area (Å²) in [5.41, 5.74) is 1.37. The summed E-state index contributed by atoms with van der Waals surface area (Å²) in [5, 5.41) is 12.5. The van der Waals surface area contributed by atoms with Gasteiger partial charge < -0.3 is 10.4 Å². The van der Waals surface area contributed by atoms with E-state index in [4.69, 9.17) is 5.11 Å². The second-order valence-electron chi connectivity index (χ2n) is 4.01. The molecule has 0 bridgehead atoms. The van der Waals surface area contributed by atoms with Crippen molar-refractivity contribution in [1.29, 1.82) is 0 Å². The Morgan fingerprint density at radius 3 is 2.57 bits per heavy atom. The molecule has 0 amide bonds. The van der Waals surface area contributed by atoms with Crippen molar-refractivity contribution in [2.45, 2.75) is 31.4 Å². The van der Waals surface area contributed by atoms with Gasteiger partial charge in [-0.2, -0.15) is 0 Å². The average molecular weight is 191 g/mol. The highest BCUT2D eigenvalue weighted by Gasteiger charge is 2.25.